The van der Waals surface area contributed by atoms with Crippen LogP contribution in [0.1, 0.15) is 67.2 Å². The monoisotopic (exact) mass is 244 g/mol. The first-order valence-electron chi connectivity index (χ1n) is 6.68. The summed E-state index contributed by atoms with van der Waals surface area (Å²) in [6.07, 6.45) is 3.34. The fraction of sp³-hybridized carbons (Fsp3) is 0.929. The molecule has 0 saturated carbocycles. The van der Waals surface area contributed by atoms with E-state index in [0.717, 1.165) is 25.7 Å². The molecule has 0 aliphatic heterocycles. The van der Waals surface area contributed by atoms with Gasteiger partial charge in [0.15, 0.2) is 0 Å². The van der Waals surface area contributed by atoms with Crippen LogP contribution >= 0.6 is 0 Å². The van der Waals surface area contributed by atoms with E-state index in [1.165, 1.54) is 0 Å². The van der Waals surface area contributed by atoms with Crippen molar-refractivity contribution in [2.75, 3.05) is 0 Å². The lowest BCUT2D eigenvalue weighted by molar-refractivity contribution is -0.201. The predicted molar refractivity (Wildman–Crippen MR) is 69.7 cm³/mol. The maximum absolute atomic E-state index is 11.9. The lowest BCUT2D eigenvalue weighted by atomic mass is 9.99. The Balaban J connectivity index is 4.19. The second kappa shape index (κ2) is 7.70. The Morgan fingerprint density at radius 2 is 1.59 bits per heavy atom. The highest BCUT2D eigenvalue weighted by molar-refractivity contribution is 5.72. The van der Waals surface area contributed by atoms with Gasteiger partial charge in [0.1, 0.15) is 0 Å². The average molecular weight is 244 g/mol. The van der Waals surface area contributed by atoms with Crippen molar-refractivity contribution in [2.24, 2.45) is 5.92 Å². The zero-order valence-electron chi connectivity index (χ0n) is 12.2. The SMILES string of the molecule is CCCC(CCC)C(=O)OC(C)OC(C)(C)C. The molecule has 102 valence electrons. The van der Waals surface area contributed by atoms with Gasteiger partial charge >= 0.3 is 5.97 Å². The molecule has 0 aromatic carbocycles. The van der Waals surface area contributed by atoms with Crippen molar-refractivity contribution in [1.82, 2.24) is 0 Å². The molecule has 0 rings (SSSR count). The van der Waals surface area contributed by atoms with Crippen molar-refractivity contribution in [3.05, 3.63) is 0 Å². The first-order chi connectivity index (χ1) is 7.80. The molecule has 0 radical (unpaired) electrons. The second-order valence-electron chi connectivity index (χ2n) is 5.51. The van der Waals surface area contributed by atoms with Crippen molar-refractivity contribution in [3.8, 4) is 0 Å². The average Bonchev–Trinajstić information content (AvgIpc) is 2.14. The van der Waals surface area contributed by atoms with Crippen LogP contribution in [0.15, 0.2) is 0 Å². The lowest BCUT2D eigenvalue weighted by Gasteiger charge is -2.26. The van der Waals surface area contributed by atoms with Crippen LogP contribution in [0, 0.1) is 5.92 Å². The van der Waals surface area contributed by atoms with E-state index in [-0.39, 0.29) is 17.5 Å². The van der Waals surface area contributed by atoms with Crippen LogP contribution in [-0.4, -0.2) is 17.9 Å². The second-order valence-corrected chi connectivity index (χ2v) is 5.51. The van der Waals surface area contributed by atoms with Gasteiger partial charge in [0.25, 0.3) is 0 Å². The highest BCUT2D eigenvalue weighted by Crippen LogP contribution is 2.18. The lowest BCUT2D eigenvalue weighted by Crippen LogP contribution is -2.31. The zero-order valence-corrected chi connectivity index (χ0v) is 12.2. The third-order valence-electron chi connectivity index (χ3n) is 2.41. The van der Waals surface area contributed by atoms with E-state index in [9.17, 15) is 4.79 Å². The molecule has 17 heavy (non-hydrogen) atoms. The van der Waals surface area contributed by atoms with Gasteiger partial charge < -0.3 is 9.47 Å². The molecule has 0 bridgehead atoms. The van der Waals surface area contributed by atoms with Crippen molar-refractivity contribution in [3.63, 3.8) is 0 Å². The van der Waals surface area contributed by atoms with Gasteiger partial charge in [-0.1, -0.05) is 26.7 Å². The summed E-state index contributed by atoms with van der Waals surface area (Å²) < 4.78 is 10.9. The van der Waals surface area contributed by atoms with E-state index < -0.39 is 6.29 Å². The number of carbonyl (C=O) groups is 1. The molecule has 0 aromatic heterocycles. The largest absolute Gasteiger partial charge is 0.436 e. The third kappa shape index (κ3) is 8.19. The summed E-state index contributed by atoms with van der Waals surface area (Å²) in [6, 6.07) is 0. The molecule has 0 aliphatic rings. The summed E-state index contributed by atoms with van der Waals surface area (Å²) >= 11 is 0. The van der Waals surface area contributed by atoms with Gasteiger partial charge in [0, 0.05) is 0 Å². The first kappa shape index (κ1) is 16.4. The molecule has 1 atom stereocenters. The highest BCUT2D eigenvalue weighted by Gasteiger charge is 2.23. The molecule has 1 unspecified atom stereocenters. The van der Waals surface area contributed by atoms with E-state index in [2.05, 4.69) is 13.8 Å². The quantitative estimate of drug-likeness (QED) is 0.503. The maximum atomic E-state index is 11.9. The van der Waals surface area contributed by atoms with Crippen LogP contribution in [0.3, 0.4) is 0 Å². The summed E-state index contributed by atoms with van der Waals surface area (Å²) in [6.45, 7) is 11.8. The number of rotatable bonds is 7. The minimum atomic E-state index is -0.473. The number of ether oxygens (including phenoxy) is 2. The standard InChI is InChI=1S/C14H28O3/c1-7-9-12(10-8-2)13(15)16-11(3)17-14(4,5)6/h11-12H,7-10H2,1-6H3. The number of hydrogen-bond acceptors (Lipinski definition) is 3. The number of carbonyl (C=O) groups excluding carboxylic acids is 1. The first-order valence-corrected chi connectivity index (χ1v) is 6.68. The van der Waals surface area contributed by atoms with Gasteiger partial charge in [-0.15, -0.1) is 0 Å². The summed E-state index contributed by atoms with van der Waals surface area (Å²) in [5, 5.41) is 0. The van der Waals surface area contributed by atoms with Crippen LogP contribution in [0.25, 0.3) is 0 Å². The third-order valence-corrected chi connectivity index (χ3v) is 2.41. The molecule has 0 aromatic rings. The Kier molecular flexibility index (Phi) is 7.44. The van der Waals surface area contributed by atoms with Crippen molar-refractivity contribution in [2.45, 2.75) is 79.1 Å². The van der Waals surface area contributed by atoms with E-state index in [1.807, 2.05) is 20.8 Å². The maximum Gasteiger partial charge on any atom is 0.311 e. The molecular formula is C14H28O3. The Morgan fingerprint density at radius 3 is 1.94 bits per heavy atom. The van der Waals surface area contributed by atoms with Gasteiger partial charge in [0.05, 0.1) is 11.5 Å². The van der Waals surface area contributed by atoms with Gasteiger partial charge in [0.2, 0.25) is 6.29 Å². The smallest absolute Gasteiger partial charge is 0.311 e. The Morgan fingerprint density at radius 1 is 1.12 bits per heavy atom. The van der Waals surface area contributed by atoms with E-state index in [4.69, 9.17) is 9.47 Å². The molecule has 0 aliphatic carbocycles. The molecule has 3 heteroatoms. The van der Waals surface area contributed by atoms with Gasteiger partial charge in [-0.2, -0.15) is 0 Å². The summed E-state index contributed by atoms with van der Waals surface area (Å²) in [5.41, 5.74) is -0.287. The van der Waals surface area contributed by atoms with Gasteiger partial charge in [-0.25, -0.2) is 0 Å². The van der Waals surface area contributed by atoms with Crippen LogP contribution in [0.5, 0.6) is 0 Å². The predicted octanol–water partition coefficient (Wildman–Crippen LogP) is 3.91. The Labute approximate surface area is 106 Å². The molecule has 0 heterocycles. The molecule has 0 saturated heterocycles. The summed E-state index contributed by atoms with van der Waals surface area (Å²) in [4.78, 5) is 11.9. The van der Waals surface area contributed by atoms with Crippen LogP contribution in [-0.2, 0) is 14.3 Å². The Bertz CT molecular complexity index is 212. The minimum Gasteiger partial charge on any atom is -0.436 e. The van der Waals surface area contributed by atoms with Crippen LogP contribution < -0.4 is 0 Å². The molecular weight excluding hydrogens is 216 g/mol. The zero-order chi connectivity index (χ0) is 13.5. The highest BCUT2D eigenvalue weighted by atomic mass is 16.7. The fourth-order valence-corrected chi connectivity index (χ4v) is 1.86. The number of hydrogen-bond donors (Lipinski definition) is 0. The summed E-state index contributed by atoms with van der Waals surface area (Å²) in [7, 11) is 0. The van der Waals surface area contributed by atoms with E-state index >= 15 is 0 Å². The molecule has 3 nitrogen and oxygen atoms in total. The minimum absolute atomic E-state index is 0.0241. The molecule has 0 spiro atoms. The fourth-order valence-electron chi connectivity index (χ4n) is 1.86. The topological polar surface area (TPSA) is 35.5 Å². The van der Waals surface area contributed by atoms with E-state index in [1.54, 1.807) is 6.92 Å². The normalized spacial score (nSPS) is 13.8. The van der Waals surface area contributed by atoms with E-state index in [0.29, 0.717) is 0 Å². The van der Waals surface area contributed by atoms with Crippen molar-refractivity contribution < 1.29 is 14.3 Å². The molecule has 0 amide bonds. The van der Waals surface area contributed by atoms with Crippen LogP contribution in [0.4, 0.5) is 0 Å². The number of esters is 1. The van der Waals surface area contributed by atoms with Crippen molar-refractivity contribution >= 4 is 5.97 Å². The van der Waals surface area contributed by atoms with Gasteiger partial charge in [-0.05, 0) is 40.5 Å². The van der Waals surface area contributed by atoms with Gasteiger partial charge in [-0.3, -0.25) is 4.79 Å². The van der Waals surface area contributed by atoms with Crippen molar-refractivity contribution in [1.29, 1.82) is 0 Å². The summed E-state index contributed by atoms with van der Waals surface area (Å²) in [5.74, 6) is -0.0959. The Hall–Kier alpha value is -0.570. The van der Waals surface area contributed by atoms with Crippen LogP contribution in [0.2, 0.25) is 0 Å². The molecule has 0 fully saturated rings. The molecule has 0 N–H and O–H groups in total.